The Hall–Kier alpha value is -3.52. The van der Waals surface area contributed by atoms with Crippen molar-refractivity contribution in [1.29, 1.82) is 0 Å². The summed E-state index contributed by atoms with van der Waals surface area (Å²) in [4.78, 5) is 19.3. The van der Waals surface area contributed by atoms with Crippen LogP contribution in [0.2, 0.25) is 0 Å². The SMILES string of the molecule is COCCN(C)c1ccc(-c2c3c(c(OC)c4cc(OC)c(OC)cc24)C(=O)OC3)cn1. The molecule has 2 aromatic carbocycles. The van der Waals surface area contributed by atoms with E-state index in [1.165, 1.54) is 0 Å². The molecule has 168 valence electrons. The Balaban J connectivity index is 1.95. The monoisotopic (exact) mass is 438 g/mol. The summed E-state index contributed by atoms with van der Waals surface area (Å²) in [6.07, 6.45) is 1.81. The largest absolute Gasteiger partial charge is 0.495 e. The number of carbonyl (C=O) groups is 1. The maximum atomic E-state index is 12.6. The highest BCUT2D eigenvalue weighted by atomic mass is 16.5. The van der Waals surface area contributed by atoms with Crippen LogP contribution in [0.4, 0.5) is 5.82 Å². The van der Waals surface area contributed by atoms with Crippen molar-refractivity contribution in [3.05, 3.63) is 41.6 Å². The molecule has 0 fully saturated rings. The summed E-state index contributed by atoms with van der Waals surface area (Å²) in [6, 6.07) is 7.66. The molecule has 1 aliphatic rings. The third kappa shape index (κ3) is 3.56. The highest BCUT2D eigenvalue weighted by Gasteiger charge is 2.32. The molecular weight excluding hydrogens is 412 g/mol. The minimum absolute atomic E-state index is 0.166. The van der Waals surface area contributed by atoms with E-state index in [4.69, 9.17) is 23.7 Å². The summed E-state index contributed by atoms with van der Waals surface area (Å²) in [5.41, 5.74) is 2.93. The predicted octanol–water partition coefficient (Wildman–Crippen LogP) is 3.68. The summed E-state index contributed by atoms with van der Waals surface area (Å²) in [7, 11) is 8.34. The third-order valence-corrected chi connectivity index (χ3v) is 5.68. The first-order valence-corrected chi connectivity index (χ1v) is 10.2. The summed E-state index contributed by atoms with van der Waals surface area (Å²) < 4.78 is 27.2. The molecule has 8 nitrogen and oxygen atoms in total. The van der Waals surface area contributed by atoms with Crippen molar-refractivity contribution in [2.24, 2.45) is 0 Å². The molecule has 0 bridgehead atoms. The summed E-state index contributed by atoms with van der Waals surface area (Å²) in [5.74, 6) is 2.01. The van der Waals surface area contributed by atoms with E-state index in [9.17, 15) is 4.79 Å². The lowest BCUT2D eigenvalue weighted by Crippen LogP contribution is -2.22. The zero-order valence-corrected chi connectivity index (χ0v) is 18.9. The van der Waals surface area contributed by atoms with E-state index in [0.29, 0.717) is 29.4 Å². The van der Waals surface area contributed by atoms with Crippen LogP contribution in [0.5, 0.6) is 17.2 Å². The Morgan fingerprint density at radius 2 is 1.72 bits per heavy atom. The summed E-state index contributed by atoms with van der Waals surface area (Å²) in [6.45, 7) is 1.50. The van der Waals surface area contributed by atoms with Crippen LogP contribution in [0.15, 0.2) is 30.5 Å². The van der Waals surface area contributed by atoms with E-state index in [0.717, 1.165) is 39.8 Å². The van der Waals surface area contributed by atoms with Crippen LogP contribution in [0.25, 0.3) is 21.9 Å². The molecule has 1 aromatic heterocycles. The maximum absolute atomic E-state index is 12.6. The Morgan fingerprint density at radius 1 is 1.00 bits per heavy atom. The number of pyridine rings is 1. The van der Waals surface area contributed by atoms with Gasteiger partial charge in [0.25, 0.3) is 0 Å². The second-order valence-electron chi connectivity index (χ2n) is 7.41. The van der Waals surface area contributed by atoms with E-state index >= 15 is 0 Å². The van der Waals surface area contributed by atoms with Gasteiger partial charge >= 0.3 is 5.97 Å². The minimum Gasteiger partial charge on any atom is -0.495 e. The lowest BCUT2D eigenvalue weighted by atomic mass is 9.90. The zero-order chi connectivity index (χ0) is 22.8. The number of cyclic esters (lactones) is 1. The van der Waals surface area contributed by atoms with Crippen molar-refractivity contribution in [3.8, 4) is 28.4 Å². The molecule has 32 heavy (non-hydrogen) atoms. The molecule has 1 aliphatic heterocycles. The van der Waals surface area contributed by atoms with Crippen LogP contribution in [0.3, 0.4) is 0 Å². The normalized spacial score (nSPS) is 12.5. The molecule has 0 aliphatic carbocycles. The zero-order valence-electron chi connectivity index (χ0n) is 18.9. The number of hydrogen-bond donors (Lipinski definition) is 0. The van der Waals surface area contributed by atoms with Crippen LogP contribution in [0, 0.1) is 0 Å². The first kappa shape index (κ1) is 21.7. The van der Waals surface area contributed by atoms with Gasteiger partial charge in [-0.15, -0.1) is 0 Å². The number of rotatable bonds is 8. The second kappa shape index (κ2) is 8.92. The Kier molecular flexibility index (Phi) is 6.05. The maximum Gasteiger partial charge on any atom is 0.342 e. The number of hydrogen-bond acceptors (Lipinski definition) is 8. The number of methoxy groups -OCH3 is 4. The molecule has 0 saturated carbocycles. The molecule has 0 amide bonds. The fourth-order valence-electron chi connectivity index (χ4n) is 4.05. The number of benzene rings is 2. The first-order chi connectivity index (χ1) is 15.5. The molecule has 0 saturated heterocycles. The molecule has 0 radical (unpaired) electrons. The highest BCUT2D eigenvalue weighted by molar-refractivity contribution is 6.12. The van der Waals surface area contributed by atoms with Crippen molar-refractivity contribution in [3.63, 3.8) is 0 Å². The third-order valence-electron chi connectivity index (χ3n) is 5.68. The molecule has 2 heterocycles. The molecule has 0 spiro atoms. The standard InChI is InChI=1S/C24H26N2O6/c1-26(8-9-28-2)20-7-6-14(12-25-20)21-15-10-18(29-3)19(30-4)11-16(15)23(31-5)22-17(21)13-32-24(22)27/h6-7,10-12H,8-9,13H2,1-5H3. The van der Waals surface area contributed by atoms with Crippen molar-refractivity contribution >= 4 is 22.6 Å². The number of esters is 1. The minimum atomic E-state index is -0.404. The first-order valence-electron chi connectivity index (χ1n) is 10.2. The van der Waals surface area contributed by atoms with Crippen molar-refractivity contribution in [1.82, 2.24) is 4.98 Å². The molecule has 0 atom stereocenters. The summed E-state index contributed by atoms with van der Waals surface area (Å²) in [5, 5.41) is 1.60. The van der Waals surface area contributed by atoms with E-state index in [1.807, 2.05) is 36.2 Å². The van der Waals surface area contributed by atoms with Crippen molar-refractivity contribution in [2.75, 3.05) is 53.5 Å². The van der Waals surface area contributed by atoms with Gasteiger partial charge in [-0.25, -0.2) is 9.78 Å². The van der Waals surface area contributed by atoms with E-state index in [-0.39, 0.29) is 6.61 Å². The topological polar surface area (TPSA) is 79.4 Å². The van der Waals surface area contributed by atoms with Gasteiger partial charge in [-0.2, -0.15) is 0 Å². The molecular formula is C24H26N2O6. The average molecular weight is 438 g/mol. The fourth-order valence-corrected chi connectivity index (χ4v) is 4.05. The van der Waals surface area contributed by atoms with E-state index in [2.05, 4.69) is 4.98 Å². The lowest BCUT2D eigenvalue weighted by Gasteiger charge is -2.20. The van der Waals surface area contributed by atoms with E-state index in [1.54, 1.807) is 34.6 Å². The smallest absolute Gasteiger partial charge is 0.342 e. The van der Waals surface area contributed by atoms with Gasteiger partial charge in [-0.05, 0) is 35.2 Å². The average Bonchev–Trinajstić information content (AvgIpc) is 3.21. The van der Waals surface area contributed by atoms with Crippen molar-refractivity contribution in [2.45, 2.75) is 6.61 Å². The number of aromatic nitrogens is 1. The Labute approximate surface area is 186 Å². The molecule has 4 rings (SSSR count). The van der Waals surface area contributed by atoms with Crippen molar-refractivity contribution < 1.29 is 28.5 Å². The molecule has 3 aromatic rings. The van der Waals surface area contributed by atoms with Gasteiger partial charge in [-0.1, -0.05) is 0 Å². The number of ether oxygens (including phenoxy) is 5. The predicted molar refractivity (Wildman–Crippen MR) is 121 cm³/mol. The van der Waals surface area contributed by atoms with Crippen LogP contribution >= 0.6 is 0 Å². The van der Waals surface area contributed by atoms with Gasteiger partial charge in [0.2, 0.25) is 0 Å². The van der Waals surface area contributed by atoms with Gasteiger partial charge in [0.15, 0.2) is 11.5 Å². The lowest BCUT2D eigenvalue weighted by molar-refractivity contribution is 0.0533. The van der Waals surface area contributed by atoms with Gasteiger partial charge in [0.1, 0.15) is 23.7 Å². The number of nitrogens with zero attached hydrogens (tertiary/aromatic N) is 2. The number of carbonyl (C=O) groups excluding carboxylic acids is 1. The summed E-state index contributed by atoms with van der Waals surface area (Å²) >= 11 is 0. The van der Waals surface area contributed by atoms with Gasteiger partial charge in [-0.3, -0.25) is 0 Å². The number of anilines is 1. The van der Waals surface area contributed by atoms with E-state index < -0.39 is 5.97 Å². The number of fused-ring (bicyclic) bond motifs is 2. The van der Waals surface area contributed by atoms with Crippen LogP contribution in [-0.2, 0) is 16.1 Å². The second-order valence-corrected chi connectivity index (χ2v) is 7.41. The van der Waals surface area contributed by atoms with Gasteiger partial charge < -0.3 is 28.6 Å². The van der Waals surface area contributed by atoms with Crippen LogP contribution in [-0.4, -0.2) is 59.6 Å². The number of likely N-dealkylation sites (N-methyl/N-ethyl adjacent to an activating group) is 1. The van der Waals surface area contributed by atoms with Gasteiger partial charge in [0.05, 0.1) is 27.9 Å². The fraction of sp³-hybridized carbons (Fsp3) is 0.333. The Morgan fingerprint density at radius 3 is 2.31 bits per heavy atom. The Bertz CT molecular complexity index is 1160. The molecule has 0 unspecified atom stereocenters. The molecule has 8 heteroatoms. The van der Waals surface area contributed by atoms with Crippen LogP contribution < -0.4 is 19.1 Å². The van der Waals surface area contributed by atoms with Crippen LogP contribution in [0.1, 0.15) is 15.9 Å². The highest BCUT2D eigenvalue weighted by Crippen LogP contribution is 2.47. The van der Waals surface area contributed by atoms with Gasteiger partial charge in [0, 0.05) is 43.4 Å². The quantitative estimate of drug-likeness (QED) is 0.493. The molecule has 0 N–H and O–H groups in total.